The summed E-state index contributed by atoms with van der Waals surface area (Å²) < 4.78 is 5.07. The van der Waals surface area contributed by atoms with Crippen LogP contribution in [-0.2, 0) is 14.9 Å². The molecule has 0 aromatic heterocycles. The van der Waals surface area contributed by atoms with E-state index in [2.05, 4.69) is 26.1 Å². The number of benzene rings is 1. The number of ether oxygens (including phenoxy) is 1. The molecule has 0 spiro atoms. The van der Waals surface area contributed by atoms with Crippen LogP contribution >= 0.6 is 0 Å². The van der Waals surface area contributed by atoms with Crippen molar-refractivity contribution >= 4 is 17.7 Å². The number of hydrogen-bond donors (Lipinski definition) is 1. The topological polar surface area (TPSA) is 58.6 Å². The first kappa shape index (κ1) is 18.3. The Hall–Kier alpha value is -2.04. The summed E-state index contributed by atoms with van der Waals surface area (Å²) in [6, 6.07) is 7.79. The van der Waals surface area contributed by atoms with Gasteiger partial charge in [-0.15, -0.1) is 0 Å². The average molecular weight is 332 g/mol. The molecule has 1 aromatic carbocycles. The molecule has 132 valence electrons. The molecule has 1 aromatic rings. The molecule has 0 atom stereocenters. The lowest BCUT2D eigenvalue weighted by Gasteiger charge is -2.31. The number of piperidine rings is 1. The fourth-order valence-corrected chi connectivity index (χ4v) is 3.02. The van der Waals surface area contributed by atoms with Crippen LogP contribution in [0.4, 0.5) is 10.5 Å². The maximum Gasteiger partial charge on any atom is 0.321 e. The molecule has 0 unspecified atom stereocenters. The number of amides is 2. The highest BCUT2D eigenvalue weighted by atomic mass is 16.5. The number of para-hydroxylation sites is 1. The van der Waals surface area contributed by atoms with E-state index in [1.54, 1.807) is 4.90 Å². The summed E-state index contributed by atoms with van der Waals surface area (Å²) in [6.45, 7) is 9.75. The maximum atomic E-state index is 12.5. The van der Waals surface area contributed by atoms with E-state index >= 15 is 0 Å². The minimum absolute atomic E-state index is 0.0409. The zero-order valence-electron chi connectivity index (χ0n) is 15.1. The van der Waals surface area contributed by atoms with Gasteiger partial charge in [0.15, 0.2) is 0 Å². The number of anilines is 1. The fourth-order valence-electron chi connectivity index (χ4n) is 3.02. The molecule has 1 N–H and O–H groups in total. The Morgan fingerprint density at radius 1 is 1.21 bits per heavy atom. The molecule has 1 fully saturated rings. The van der Waals surface area contributed by atoms with Crippen molar-refractivity contribution in [1.29, 1.82) is 0 Å². The van der Waals surface area contributed by atoms with E-state index in [9.17, 15) is 9.59 Å². The monoisotopic (exact) mass is 332 g/mol. The second kappa shape index (κ2) is 7.69. The molecule has 0 bridgehead atoms. The van der Waals surface area contributed by atoms with Crippen molar-refractivity contribution in [3.63, 3.8) is 0 Å². The van der Waals surface area contributed by atoms with Crippen molar-refractivity contribution < 1.29 is 14.3 Å². The first-order valence-electron chi connectivity index (χ1n) is 8.65. The number of hydrogen-bond acceptors (Lipinski definition) is 3. The van der Waals surface area contributed by atoms with Crippen molar-refractivity contribution in [2.24, 2.45) is 5.92 Å². The predicted molar refractivity (Wildman–Crippen MR) is 95.1 cm³/mol. The minimum Gasteiger partial charge on any atom is -0.466 e. The third-order valence-electron chi connectivity index (χ3n) is 4.38. The average Bonchev–Trinajstić information content (AvgIpc) is 2.54. The highest BCUT2D eigenvalue weighted by molar-refractivity contribution is 5.90. The number of urea groups is 1. The lowest BCUT2D eigenvalue weighted by Crippen LogP contribution is -2.43. The van der Waals surface area contributed by atoms with Crippen LogP contribution in [0.5, 0.6) is 0 Å². The van der Waals surface area contributed by atoms with Crippen molar-refractivity contribution in [2.45, 2.75) is 46.0 Å². The van der Waals surface area contributed by atoms with Crippen molar-refractivity contribution in [1.82, 2.24) is 4.90 Å². The first-order chi connectivity index (χ1) is 11.3. The molecule has 24 heavy (non-hydrogen) atoms. The van der Waals surface area contributed by atoms with E-state index in [-0.39, 0.29) is 23.3 Å². The molecule has 5 nitrogen and oxygen atoms in total. The van der Waals surface area contributed by atoms with Gasteiger partial charge in [-0.1, -0.05) is 39.0 Å². The van der Waals surface area contributed by atoms with Crippen LogP contribution in [0.2, 0.25) is 0 Å². The Labute approximate surface area is 144 Å². The van der Waals surface area contributed by atoms with Crippen molar-refractivity contribution in [2.75, 3.05) is 25.0 Å². The van der Waals surface area contributed by atoms with Crippen LogP contribution < -0.4 is 5.32 Å². The lowest BCUT2D eigenvalue weighted by molar-refractivity contribution is -0.149. The number of nitrogens with zero attached hydrogens (tertiary/aromatic N) is 1. The zero-order valence-corrected chi connectivity index (χ0v) is 15.1. The fraction of sp³-hybridized carbons (Fsp3) is 0.579. The van der Waals surface area contributed by atoms with Gasteiger partial charge in [0.1, 0.15) is 0 Å². The minimum atomic E-state index is -0.143. The van der Waals surface area contributed by atoms with Crippen LogP contribution in [0.3, 0.4) is 0 Å². The number of likely N-dealkylation sites (tertiary alicyclic amines) is 1. The second-order valence-electron chi connectivity index (χ2n) is 7.24. The van der Waals surface area contributed by atoms with E-state index in [0.29, 0.717) is 32.5 Å². The van der Waals surface area contributed by atoms with Crippen LogP contribution in [0.25, 0.3) is 0 Å². The first-order valence-corrected chi connectivity index (χ1v) is 8.65. The Bertz CT molecular complexity index is 585. The third-order valence-corrected chi connectivity index (χ3v) is 4.38. The third kappa shape index (κ3) is 4.49. The van der Waals surface area contributed by atoms with Gasteiger partial charge >= 0.3 is 12.0 Å². The van der Waals surface area contributed by atoms with Gasteiger partial charge in [0.05, 0.1) is 12.5 Å². The van der Waals surface area contributed by atoms with E-state index in [0.717, 1.165) is 11.3 Å². The zero-order chi connectivity index (χ0) is 17.7. The van der Waals surface area contributed by atoms with Gasteiger partial charge in [-0.2, -0.15) is 0 Å². The van der Waals surface area contributed by atoms with Gasteiger partial charge in [0.25, 0.3) is 0 Å². The van der Waals surface area contributed by atoms with Crippen LogP contribution in [0, 0.1) is 5.92 Å². The molecule has 2 amide bonds. The lowest BCUT2D eigenvalue weighted by atomic mass is 9.86. The highest BCUT2D eigenvalue weighted by Gasteiger charge is 2.28. The Balaban J connectivity index is 1.97. The van der Waals surface area contributed by atoms with Gasteiger partial charge < -0.3 is 15.0 Å². The van der Waals surface area contributed by atoms with Gasteiger partial charge in [-0.25, -0.2) is 4.79 Å². The molecule has 1 heterocycles. The van der Waals surface area contributed by atoms with Gasteiger partial charge in [-0.3, -0.25) is 4.79 Å². The second-order valence-corrected chi connectivity index (χ2v) is 7.24. The normalized spacial score (nSPS) is 15.9. The van der Waals surface area contributed by atoms with Crippen molar-refractivity contribution in [3.05, 3.63) is 29.8 Å². The molecular formula is C19H28N2O3. The maximum absolute atomic E-state index is 12.5. The van der Waals surface area contributed by atoms with Crippen LogP contribution in [0.15, 0.2) is 24.3 Å². The molecule has 5 heteroatoms. The molecule has 0 saturated carbocycles. The summed E-state index contributed by atoms with van der Waals surface area (Å²) in [6.07, 6.45) is 1.32. The molecular weight excluding hydrogens is 304 g/mol. The number of carbonyl (C=O) groups is 2. The predicted octanol–water partition coefficient (Wildman–Crippen LogP) is 3.79. The molecule has 1 saturated heterocycles. The summed E-state index contributed by atoms with van der Waals surface area (Å²) in [4.78, 5) is 26.1. The summed E-state index contributed by atoms with van der Waals surface area (Å²) in [5, 5.41) is 3.03. The Morgan fingerprint density at radius 3 is 2.42 bits per heavy atom. The van der Waals surface area contributed by atoms with E-state index in [4.69, 9.17) is 4.74 Å². The van der Waals surface area contributed by atoms with Crippen molar-refractivity contribution in [3.8, 4) is 0 Å². The van der Waals surface area contributed by atoms with E-state index < -0.39 is 0 Å². The quantitative estimate of drug-likeness (QED) is 0.857. The largest absolute Gasteiger partial charge is 0.466 e. The Kier molecular flexibility index (Phi) is 5.86. The van der Waals surface area contributed by atoms with E-state index in [1.807, 2.05) is 31.2 Å². The smallest absolute Gasteiger partial charge is 0.321 e. The summed E-state index contributed by atoms with van der Waals surface area (Å²) in [7, 11) is 0. The molecule has 1 aliphatic heterocycles. The molecule has 0 radical (unpaired) electrons. The number of carbonyl (C=O) groups excluding carboxylic acids is 2. The number of rotatable bonds is 3. The van der Waals surface area contributed by atoms with Gasteiger partial charge in [0.2, 0.25) is 0 Å². The highest BCUT2D eigenvalue weighted by Crippen LogP contribution is 2.29. The number of nitrogens with one attached hydrogen (secondary N) is 1. The standard InChI is InChI=1S/C19H28N2O3/c1-5-24-17(22)14-10-12-21(13-11-14)18(23)20-16-9-7-6-8-15(16)19(2,3)4/h6-9,14H,5,10-13H2,1-4H3,(H,20,23). The van der Waals surface area contributed by atoms with Gasteiger partial charge in [0, 0.05) is 18.8 Å². The van der Waals surface area contributed by atoms with E-state index in [1.165, 1.54) is 0 Å². The summed E-state index contributed by atoms with van der Waals surface area (Å²) in [5.74, 6) is -0.230. The van der Waals surface area contributed by atoms with Crippen LogP contribution in [0.1, 0.15) is 46.1 Å². The Morgan fingerprint density at radius 2 is 1.83 bits per heavy atom. The van der Waals surface area contributed by atoms with Crippen LogP contribution in [-0.4, -0.2) is 36.6 Å². The molecule has 1 aliphatic rings. The molecule has 2 rings (SSSR count). The molecule has 0 aliphatic carbocycles. The number of esters is 1. The van der Waals surface area contributed by atoms with Gasteiger partial charge in [-0.05, 0) is 36.8 Å². The summed E-state index contributed by atoms with van der Waals surface area (Å²) in [5.41, 5.74) is 1.92. The SMILES string of the molecule is CCOC(=O)C1CCN(C(=O)Nc2ccccc2C(C)(C)C)CC1. The summed E-state index contributed by atoms with van der Waals surface area (Å²) >= 11 is 0.